The van der Waals surface area contributed by atoms with Crippen molar-refractivity contribution in [2.24, 2.45) is 0 Å². The molecule has 0 aliphatic carbocycles. The summed E-state index contributed by atoms with van der Waals surface area (Å²) in [7, 11) is 1.49. The van der Waals surface area contributed by atoms with Crippen LogP contribution in [0.4, 0.5) is 5.82 Å². The number of rotatable bonds is 8. The number of carbonyl (C=O) groups excluding carboxylic acids is 2. The summed E-state index contributed by atoms with van der Waals surface area (Å²) in [6, 6.07) is 13.9. The zero-order valence-electron chi connectivity index (χ0n) is 18.5. The van der Waals surface area contributed by atoms with Crippen LogP contribution in [0.5, 0.6) is 0 Å². The van der Waals surface area contributed by atoms with E-state index in [-0.39, 0.29) is 31.0 Å². The molecule has 0 saturated carbocycles. The first-order valence-corrected chi connectivity index (χ1v) is 10.7. The summed E-state index contributed by atoms with van der Waals surface area (Å²) < 4.78 is 4.97. The van der Waals surface area contributed by atoms with Gasteiger partial charge in [-0.1, -0.05) is 37.3 Å². The Hall–Kier alpha value is -3.00. The van der Waals surface area contributed by atoms with E-state index < -0.39 is 0 Å². The Kier molecular flexibility index (Phi) is 7.94. The molecule has 0 unspecified atom stereocenters. The van der Waals surface area contributed by atoms with Gasteiger partial charge in [0.05, 0.1) is 5.69 Å². The zero-order chi connectivity index (χ0) is 22.2. The second-order valence-corrected chi connectivity index (χ2v) is 7.72. The molecule has 31 heavy (non-hydrogen) atoms. The summed E-state index contributed by atoms with van der Waals surface area (Å²) in [6.07, 6.45) is 0.786. The molecule has 0 bridgehead atoms. The number of benzene rings is 1. The topological polar surface area (TPSA) is 78.9 Å². The number of methoxy groups -OCH3 is 1. The summed E-state index contributed by atoms with van der Waals surface area (Å²) in [4.78, 5) is 30.7. The lowest BCUT2D eigenvalue weighted by Crippen LogP contribution is -2.53. The van der Waals surface area contributed by atoms with Gasteiger partial charge in [0.15, 0.2) is 5.82 Å². The Bertz CT molecular complexity index is 851. The molecule has 1 atom stereocenters. The number of hydrogen-bond donors (Lipinski definition) is 0. The summed E-state index contributed by atoms with van der Waals surface area (Å²) in [6.45, 7) is 6.58. The molecule has 1 aliphatic heterocycles. The highest BCUT2D eigenvalue weighted by molar-refractivity contribution is 5.85. The highest BCUT2D eigenvalue weighted by atomic mass is 16.5. The molecule has 0 N–H and O–H groups in total. The number of aromatic nitrogens is 2. The number of anilines is 1. The molecule has 3 rings (SSSR count). The molecule has 1 fully saturated rings. The van der Waals surface area contributed by atoms with Gasteiger partial charge in [0, 0.05) is 44.9 Å². The first kappa shape index (κ1) is 22.7. The monoisotopic (exact) mass is 425 g/mol. The van der Waals surface area contributed by atoms with Crippen LogP contribution in [-0.2, 0) is 14.3 Å². The Morgan fingerprint density at radius 3 is 2.35 bits per heavy atom. The van der Waals surface area contributed by atoms with Crippen LogP contribution < -0.4 is 4.90 Å². The molecule has 8 heteroatoms. The van der Waals surface area contributed by atoms with E-state index in [0.717, 1.165) is 23.5 Å². The number of piperazine rings is 1. The fourth-order valence-electron chi connectivity index (χ4n) is 3.60. The van der Waals surface area contributed by atoms with Crippen molar-refractivity contribution in [1.29, 1.82) is 0 Å². The van der Waals surface area contributed by atoms with Crippen molar-refractivity contribution in [3.05, 3.63) is 42.5 Å². The maximum atomic E-state index is 12.8. The lowest BCUT2D eigenvalue weighted by molar-refractivity contribution is -0.144. The molecule has 8 nitrogen and oxygen atoms in total. The summed E-state index contributed by atoms with van der Waals surface area (Å²) in [5.41, 5.74) is 1.87. The maximum Gasteiger partial charge on any atom is 0.249 e. The molecular weight excluding hydrogens is 394 g/mol. The third kappa shape index (κ3) is 5.79. The van der Waals surface area contributed by atoms with Crippen LogP contribution in [-0.4, -0.2) is 84.3 Å². The molecule has 166 valence electrons. The number of hydrogen-bond acceptors (Lipinski definition) is 6. The summed E-state index contributed by atoms with van der Waals surface area (Å²) >= 11 is 0. The average molecular weight is 426 g/mol. The van der Waals surface area contributed by atoms with Crippen molar-refractivity contribution >= 4 is 17.6 Å². The minimum absolute atomic E-state index is 0.00806. The second-order valence-electron chi connectivity index (χ2n) is 7.72. The highest BCUT2D eigenvalue weighted by Crippen LogP contribution is 2.19. The number of carbonyl (C=O) groups is 2. The van der Waals surface area contributed by atoms with Gasteiger partial charge in [-0.15, -0.1) is 10.2 Å². The molecule has 1 aromatic carbocycles. The van der Waals surface area contributed by atoms with Crippen LogP contribution in [0, 0.1) is 0 Å². The molecule has 0 spiro atoms. The Morgan fingerprint density at radius 2 is 1.77 bits per heavy atom. The molecule has 1 aromatic heterocycles. The minimum atomic E-state index is -0.155. The van der Waals surface area contributed by atoms with Gasteiger partial charge in [0.1, 0.15) is 13.2 Å². The lowest BCUT2D eigenvalue weighted by Gasteiger charge is -2.37. The predicted octanol–water partition coefficient (Wildman–Crippen LogP) is 2.07. The summed E-state index contributed by atoms with van der Waals surface area (Å²) in [5, 5.41) is 8.74. The maximum absolute atomic E-state index is 12.8. The predicted molar refractivity (Wildman–Crippen MR) is 120 cm³/mol. The lowest BCUT2D eigenvalue weighted by atomic mass is 10.1. The van der Waals surface area contributed by atoms with E-state index in [0.29, 0.717) is 26.2 Å². The number of ether oxygens (including phenoxy) is 1. The van der Waals surface area contributed by atoms with E-state index >= 15 is 0 Å². The molecule has 2 amide bonds. The van der Waals surface area contributed by atoms with Gasteiger partial charge in [-0.2, -0.15) is 0 Å². The third-order valence-corrected chi connectivity index (χ3v) is 5.69. The van der Waals surface area contributed by atoms with Gasteiger partial charge in [-0.25, -0.2) is 0 Å². The van der Waals surface area contributed by atoms with Crippen LogP contribution in [0.15, 0.2) is 42.5 Å². The standard InChI is InChI=1S/C23H31N5O3/c1-4-18(2)28(23(30)17-31-3)16-22(29)27-14-12-26(13-15-27)21-11-10-20(24-25-21)19-8-6-5-7-9-19/h5-11,18H,4,12-17H2,1-3H3/t18-/m1/s1. The van der Waals surface area contributed by atoms with Gasteiger partial charge < -0.3 is 19.4 Å². The van der Waals surface area contributed by atoms with Crippen molar-refractivity contribution in [3.8, 4) is 11.3 Å². The second kappa shape index (κ2) is 10.9. The fraction of sp³-hybridized carbons (Fsp3) is 0.478. The largest absolute Gasteiger partial charge is 0.375 e. The van der Waals surface area contributed by atoms with Crippen molar-refractivity contribution < 1.29 is 14.3 Å². The van der Waals surface area contributed by atoms with Gasteiger partial charge in [0.25, 0.3) is 0 Å². The molecule has 1 aliphatic rings. The fourth-order valence-corrected chi connectivity index (χ4v) is 3.60. The summed E-state index contributed by atoms with van der Waals surface area (Å²) in [5.74, 6) is 0.621. The molecule has 0 radical (unpaired) electrons. The molecule has 2 heterocycles. The van der Waals surface area contributed by atoms with Crippen LogP contribution in [0.1, 0.15) is 20.3 Å². The smallest absolute Gasteiger partial charge is 0.249 e. The number of nitrogens with zero attached hydrogens (tertiary/aromatic N) is 5. The van der Waals surface area contributed by atoms with Crippen molar-refractivity contribution in [1.82, 2.24) is 20.0 Å². The van der Waals surface area contributed by atoms with Gasteiger partial charge in [0.2, 0.25) is 11.8 Å². The van der Waals surface area contributed by atoms with E-state index in [2.05, 4.69) is 15.1 Å². The molecule has 2 aromatic rings. The van der Waals surface area contributed by atoms with E-state index in [9.17, 15) is 9.59 Å². The van der Waals surface area contributed by atoms with E-state index in [1.54, 1.807) is 4.90 Å². The third-order valence-electron chi connectivity index (χ3n) is 5.69. The Morgan fingerprint density at radius 1 is 1.06 bits per heavy atom. The molecule has 1 saturated heterocycles. The van der Waals surface area contributed by atoms with Gasteiger partial charge in [-0.3, -0.25) is 9.59 Å². The highest BCUT2D eigenvalue weighted by Gasteiger charge is 2.27. The Labute approximate surface area is 183 Å². The first-order valence-electron chi connectivity index (χ1n) is 10.7. The van der Waals surface area contributed by atoms with Gasteiger partial charge in [-0.05, 0) is 25.5 Å². The quantitative estimate of drug-likeness (QED) is 0.644. The van der Waals surface area contributed by atoms with Crippen LogP contribution in [0.2, 0.25) is 0 Å². The van der Waals surface area contributed by atoms with Crippen LogP contribution >= 0.6 is 0 Å². The van der Waals surface area contributed by atoms with Crippen molar-refractivity contribution in [3.63, 3.8) is 0 Å². The van der Waals surface area contributed by atoms with E-state index in [1.807, 2.05) is 61.2 Å². The van der Waals surface area contributed by atoms with E-state index in [4.69, 9.17) is 4.74 Å². The molecular formula is C23H31N5O3. The average Bonchev–Trinajstić information content (AvgIpc) is 2.83. The number of amides is 2. The first-order chi connectivity index (χ1) is 15.0. The van der Waals surface area contributed by atoms with Crippen molar-refractivity contribution in [2.45, 2.75) is 26.3 Å². The zero-order valence-corrected chi connectivity index (χ0v) is 18.5. The van der Waals surface area contributed by atoms with E-state index in [1.165, 1.54) is 7.11 Å². The van der Waals surface area contributed by atoms with Crippen LogP contribution in [0.25, 0.3) is 11.3 Å². The SMILES string of the molecule is CC[C@@H](C)N(CC(=O)N1CCN(c2ccc(-c3ccccc3)nn2)CC1)C(=O)COC. The van der Waals surface area contributed by atoms with Crippen LogP contribution in [0.3, 0.4) is 0 Å². The van der Waals surface area contributed by atoms with Crippen molar-refractivity contribution in [2.75, 3.05) is 51.3 Å². The normalized spacial score (nSPS) is 14.9. The van der Waals surface area contributed by atoms with Gasteiger partial charge >= 0.3 is 0 Å². The minimum Gasteiger partial charge on any atom is -0.375 e. The Balaban J connectivity index is 1.56.